The summed E-state index contributed by atoms with van der Waals surface area (Å²) in [5, 5.41) is 0. The van der Waals surface area contributed by atoms with Crippen LogP contribution < -0.4 is 0 Å². The van der Waals surface area contributed by atoms with Crippen LogP contribution >= 0.6 is 15.9 Å². The van der Waals surface area contributed by atoms with E-state index < -0.39 is 0 Å². The minimum atomic E-state index is 0.475. The van der Waals surface area contributed by atoms with Gasteiger partial charge in [-0.1, -0.05) is 59.6 Å². The van der Waals surface area contributed by atoms with Crippen LogP contribution in [0.2, 0.25) is 0 Å². The minimum absolute atomic E-state index is 0.475. The molecule has 1 aliphatic rings. The predicted octanol–water partition coefficient (Wildman–Crippen LogP) is 5.11. The van der Waals surface area contributed by atoms with Gasteiger partial charge in [0.1, 0.15) is 0 Å². The summed E-state index contributed by atoms with van der Waals surface area (Å²) < 4.78 is 5.67. The molecule has 2 heteroatoms. The molecular weight excluding hydrogens is 288 g/mol. The first-order chi connectivity index (χ1) is 8.77. The summed E-state index contributed by atoms with van der Waals surface area (Å²) in [6.45, 7) is 3.31. The number of hydrogen-bond acceptors (Lipinski definition) is 1. The molecule has 1 saturated heterocycles. The second-order valence-corrected chi connectivity index (χ2v) is 6.34. The highest BCUT2D eigenvalue weighted by atomic mass is 79.9. The zero-order chi connectivity index (χ0) is 12.8. The third kappa shape index (κ3) is 4.10. The van der Waals surface area contributed by atoms with Crippen molar-refractivity contribution in [3.05, 3.63) is 35.9 Å². The van der Waals surface area contributed by atoms with Gasteiger partial charge in [0.2, 0.25) is 0 Å². The van der Waals surface area contributed by atoms with E-state index in [9.17, 15) is 0 Å². The fourth-order valence-electron chi connectivity index (χ4n) is 2.65. The lowest BCUT2D eigenvalue weighted by atomic mass is 9.95. The van der Waals surface area contributed by atoms with Gasteiger partial charge in [-0.05, 0) is 37.2 Å². The molecule has 1 aliphatic heterocycles. The Morgan fingerprint density at radius 3 is 2.78 bits per heavy atom. The van der Waals surface area contributed by atoms with Gasteiger partial charge in [0.15, 0.2) is 0 Å². The normalized spacial score (nSPS) is 22.9. The molecule has 0 aliphatic carbocycles. The zero-order valence-corrected chi connectivity index (χ0v) is 12.7. The van der Waals surface area contributed by atoms with Gasteiger partial charge in [0, 0.05) is 11.4 Å². The Balaban J connectivity index is 1.72. The highest BCUT2D eigenvalue weighted by molar-refractivity contribution is 9.09. The quantitative estimate of drug-likeness (QED) is 0.664. The maximum absolute atomic E-state index is 5.67. The molecular formula is C16H23BrO. The fourth-order valence-corrected chi connectivity index (χ4v) is 3.22. The van der Waals surface area contributed by atoms with Crippen molar-refractivity contribution in [1.29, 1.82) is 0 Å². The molecule has 0 radical (unpaired) electrons. The second-order valence-electron chi connectivity index (χ2n) is 5.36. The molecule has 0 spiro atoms. The Bertz CT molecular complexity index is 332. The molecule has 1 nitrogen and oxygen atoms in total. The van der Waals surface area contributed by atoms with E-state index >= 15 is 0 Å². The van der Waals surface area contributed by atoms with Crippen molar-refractivity contribution >= 4 is 15.9 Å². The van der Waals surface area contributed by atoms with Crippen LogP contribution in [0.4, 0.5) is 0 Å². The van der Waals surface area contributed by atoms with Gasteiger partial charge in [-0.2, -0.15) is 0 Å². The Morgan fingerprint density at radius 1 is 1.33 bits per heavy atom. The summed E-state index contributed by atoms with van der Waals surface area (Å²) in [6.07, 6.45) is 6.85. The highest BCUT2D eigenvalue weighted by Crippen LogP contribution is 2.34. The number of rotatable bonds is 6. The Hall–Kier alpha value is -0.340. The molecule has 0 amide bonds. The number of hydrogen-bond donors (Lipinski definition) is 0. The SMILES string of the molecule is CC(CCCC1CCCO1)C(Br)c1ccccc1. The molecule has 1 heterocycles. The number of alkyl halides is 1. The third-order valence-corrected chi connectivity index (χ3v) is 5.26. The molecule has 1 aromatic carbocycles. The van der Waals surface area contributed by atoms with Gasteiger partial charge in [-0.25, -0.2) is 0 Å². The van der Waals surface area contributed by atoms with E-state index in [2.05, 4.69) is 53.2 Å². The van der Waals surface area contributed by atoms with E-state index in [1.54, 1.807) is 0 Å². The standard InChI is InChI=1S/C16H23BrO/c1-13(7-5-10-15-11-6-12-18-15)16(17)14-8-3-2-4-9-14/h2-4,8-9,13,15-16H,5-7,10-12H2,1H3. The summed E-state index contributed by atoms with van der Waals surface area (Å²) in [4.78, 5) is 0.475. The summed E-state index contributed by atoms with van der Waals surface area (Å²) >= 11 is 3.83. The van der Waals surface area contributed by atoms with Crippen LogP contribution in [0, 0.1) is 5.92 Å². The molecule has 3 atom stereocenters. The van der Waals surface area contributed by atoms with Crippen LogP contribution in [-0.4, -0.2) is 12.7 Å². The van der Waals surface area contributed by atoms with E-state index in [4.69, 9.17) is 4.74 Å². The van der Waals surface area contributed by atoms with Crippen molar-refractivity contribution in [1.82, 2.24) is 0 Å². The smallest absolute Gasteiger partial charge is 0.0576 e. The third-order valence-electron chi connectivity index (χ3n) is 3.83. The van der Waals surface area contributed by atoms with E-state index in [0.29, 0.717) is 16.8 Å². The Morgan fingerprint density at radius 2 is 2.11 bits per heavy atom. The van der Waals surface area contributed by atoms with Crippen molar-refractivity contribution in [2.45, 2.75) is 50.0 Å². The molecule has 2 rings (SSSR count). The summed E-state index contributed by atoms with van der Waals surface area (Å²) in [7, 11) is 0. The van der Waals surface area contributed by atoms with Crippen molar-refractivity contribution in [3.8, 4) is 0 Å². The van der Waals surface area contributed by atoms with E-state index in [1.165, 1.54) is 37.7 Å². The van der Waals surface area contributed by atoms with Crippen molar-refractivity contribution in [3.63, 3.8) is 0 Å². The first kappa shape index (κ1) is 14.1. The van der Waals surface area contributed by atoms with Crippen LogP contribution in [0.5, 0.6) is 0 Å². The van der Waals surface area contributed by atoms with Gasteiger partial charge in [0.25, 0.3) is 0 Å². The van der Waals surface area contributed by atoms with Crippen LogP contribution in [0.25, 0.3) is 0 Å². The number of benzene rings is 1. The maximum Gasteiger partial charge on any atom is 0.0576 e. The second kappa shape index (κ2) is 7.30. The zero-order valence-electron chi connectivity index (χ0n) is 11.1. The van der Waals surface area contributed by atoms with Crippen molar-refractivity contribution < 1.29 is 4.74 Å². The van der Waals surface area contributed by atoms with Crippen molar-refractivity contribution in [2.24, 2.45) is 5.92 Å². The molecule has 1 fully saturated rings. The lowest BCUT2D eigenvalue weighted by molar-refractivity contribution is 0.101. The van der Waals surface area contributed by atoms with Crippen LogP contribution in [-0.2, 0) is 4.74 Å². The van der Waals surface area contributed by atoms with Gasteiger partial charge in [0.05, 0.1) is 6.10 Å². The van der Waals surface area contributed by atoms with Crippen LogP contribution in [0.1, 0.15) is 49.4 Å². The molecule has 18 heavy (non-hydrogen) atoms. The largest absolute Gasteiger partial charge is 0.378 e. The monoisotopic (exact) mass is 310 g/mol. The average molecular weight is 311 g/mol. The predicted molar refractivity (Wildman–Crippen MR) is 80.1 cm³/mol. The topological polar surface area (TPSA) is 9.23 Å². The average Bonchev–Trinajstić information content (AvgIpc) is 2.92. The molecule has 100 valence electrons. The van der Waals surface area contributed by atoms with Crippen LogP contribution in [0.3, 0.4) is 0 Å². The summed E-state index contributed by atoms with van der Waals surface area (Å²) in [5.41, 5.74) is 1.39. The van der Waals surface area contributed by atoms with E-state index in [-0.39, 0.29) is 0 Å². The molecule has 3 unspecified atom stereocenters. The number of ether oxygens (including phenoxy) is 1. The molecule has 0 aromatic heterocycles. The lowest BCUT2D eigenvalue weighted by Gasteiger charge is -2.19. The summed E-state index contributed by atoms with van der Waals surface area (Å²) in [6, 6.07) is 10.7. The maximum atomic E-state index is 5.67. The van der Waals surface area contributed by atoms with Crippen LogP contribution in [0.15, 0.2) is 30.3 Å². The van der Waals surface area contributed by atoms with Gasteiger partial charge in [-0.3, -0.25) is 0 Å². The van der Waals surface area contributed by atoms with Gasteiger partial charge < -0.3 is 4.74 Å². The Labute approximate surface area is 119 Å². The fraction of sp³-hybridized carbons (Fsp3) is 0.625. The van der Waals surface area contributed by atoms with Crippen molar-refractivity contribution in [2.75, 3.05) is 6.61 Å². The molecule has 1 aromatic rings. The molecule has 0 N–H and O–H groups in total. The Kier molecular flexibility index (Phi) is 5.71. The summed E-state index contributed by atoms with van der Waals surface area (Å²) in [5.74, 6) is 0.675. The molecule has 0 saturated carbocycles. The minimum Gasteiger partial charge on any atom is -0.378 e. The highest BCUT2D eigenvalue weighted by Gasteiger charge is 2.18. The van der Waals surface area contributed by atoms with Gasteiger partial charge in [-0.15, -0.1) is 0 Å². The van der Waals surface area contributed by atoms with Gasteiger partial charge >= 0.3 is 0 Å². The van der Waals surface area contributed by atoms with E-state index in [1.807, 2.05) is 0 Å². The first-order valence-electron chi connectivity index (χ1n) is 7.08. The van der Waals surface area contributed by atoms with E-state index in [0.717, 1.165) is 6.61 Å². The molecule has 0 bridgehead atoms. The number of halogens is 1. The first-order valence-corrected chi connectivity index (χ1v) is 7.99. The lowest BCUT2D eigenvalue weighted by Crippen LogP contribution is -2.08.